The number of anilines is 1. The maximum absolute atomic E-state index is 4.36. The van der Waals surface area contributed by atoms with E-state index < -0.39 is 0 Å². The summed E-state index contributed by atoms with van der Waals surface area (Å²) in [4.78, 5) is 17.6. The molecule has 0 saturated carbocycles. The van der Waals surface area contributed by atoms with Gasteiger partial charge in [0.1, 0.15) is 5.82 Å². The van der Waals surface area contributed by atoms with Crippen molar-refractivity contribution in [2.45, 2.75) is 13.5 Å². The highest BCUT2D eigenvalue weighted by Gasteiger charge is 2.18. The van der Waals surface area contributed by atoms with Gasteiger partial charge in [-0.2, -0.15) is 0 Å². The molecule has 0 aliphatic carbocycles. The molecule has 0 spiro atoms. The van der Waals surface area contributed by atoms with Crippen molar-refractivity contribution in [2.24, 2.45) is 0 Å². The van der Waals surface area contributed by atoms with Crippen LogP contribution in [0, 0.1) is 6.92 Å². The lowest BCUT2D eigenvalue weighted by Gasteiger charge is -2.35. The predicted molar refractivity (Wildman–Crippen MR) is 78.5 cm³/mol. The summed E-state index contributed by atoms with van der Waals surface area (Å²) in [5, 5.41) is 0. The van der Waals surface area contributed by atoms with Gasteiger partial charge in [-0.05, 0) is 18.6 Å². The summed E-state index contributed by atoms with van der Waals surface area (Å²) in [5.41, 5.74) is 2.45. The summed E-state index contributed by atoms with van der Waals surface area (Å²) in [6, 6.07) is 4.18. The first-order valence-corrected chi connectivity index (χ1v) is 6.97. The van der Waals surface area contributed by atoms with Gasteiger partial charge in [-0.25, -0.2) is 4.98 Å². The number of hydrogen-bond donors (Lipinski definition) is 0. The van der Waals surface area contributed by atoms with Gasteiger partial charge in [0.05, 0.1) is 6.20 Å². The summed E-state index contributed by atoms with van der Waals surface area (Å²) < 4.78 is 0. The van der Waals surface area contributed by atoms with Gasteiger partial charge < -0.3 is 4.90 Å². The largest absolute Gasteiger partial charge is 0.353 e. The highest BCUT2D eigenvalue weighted by Crippen LogP contribution is 2.14. The van der Waals surface area contributed by atoms with E-state index in [0.717, 1.165) is 44.2 Å². The number of aryl methyl sites for hydroxylation is 1. The number of nitrogens with zero attached hydrogens (tertiary/aromatic N) is 5. The zero-order valence-corrected chi connectivity index (χ0v) is 11.7. The van der Waals surface area contributed by atoms with Gasteiger partial charge in [0.2, 0.25) is 0 Å². The van der Waals surface area contributed by atoms with Gasteiger partial charge in [-0.1, -0.05) is 6.07 Å². The molecule has 1 aliphatic heterocycles. The van der Waals surface area contributed by atoms with E-state index in [4.69, 9.17) is 0 Å². The fourth-order valence-electron chi connectivity index (χ4n) is 2.52. The third-order valence-corrected chi connectivity index (χ3v) is 3.76. The molecule has 104 valence electrons. The fourth-order valence-corrected chi connectivity index (χ4v) is 2.52. The Hall–Kier alpha value is -2.01. The summed E-state index contributed by atoms with van der Waals surface area (Å²) in [5.74, 6) is 0.977. The maximum Gasteiger partial charge on any atom is 0.147 e. The molecule has 1 saturated heterocycles. The Morgan fingerprint density at radius 2 is 1.90 bits per heavy atom. The summed E-state index contributed by atoms with van der Waals surface area (Å²) in [6.07, 6.45) is 7.15. The average Bonchev–Trinajstić information content (AvgIpc) is 2.51. The Balaban J connectivity index is 1.58. The Morgan fingerprint density at radius 1 is 1.05 bits per heavy atom. The molecular weight excluding hydrogens is 250 g/mol. The highest BCUT2D eigenvalue weighted by atomic mass is 15.3. The fraction of sp³-hybridized carbons (Fsp3) is 0.400. The monoisotopic (exact) mass is 269 g/mol. The molecule has 3 heterocycles. The molecule has 0 radical (unpaired) electrons. The SMILES string of the molecule is Cc1ncccc1CN1CCN(c2cnccn2)CC1. The van der Waals surface area contributed by atoms with Crippen LogP contribution in [0.4, 0.5) is 5.82 Å². The van der Waals surface area contributed by atoms with E-state index in [1.54, 1.807) is 12.4 Å². The van der Waals surface area contributed by atoms with Crippen molar-refractivity contribution in [3.05, 3.63) is 48.2 Å². The van der Waals surface area contributed by atoms with E-state index in [1.165, 1.54) is 5.56 Å². The molecule has 0 N–H and O–H groups in total. The molecule has 20 heavy (non-hydrogen) atoms. The van der Waals surface area contributed by atoms with Crippen LogP contribution in [0.3, 0.4) is 0 Å². The van der Waals surface area contributed by atoms with Crippen molar-refractivity contribution in [1.29, 1.82) is 0 Å². The van der Waals surface area contributed by atoms with E-state index in [0.29, 0.717) is 0 Å². The molecule has 1 aliphatic rings. The minimum Gasteiger partial charge on any atom is -0.353 e. The molecule has 2 aromatic rings. The smallest absolute Gasteiger partial charge is 0.147 e. The second-order valence-corrected chi connectivity index (χ2v) is 5.07. The lowest BCUT2D eigenvalue weighted by atomic mass is 10.2. The van der Waals surface area contributed by atoms with Crippen LogP contribution in [0.1, 0.15) is 11.3 Å². The molecule has 2 aromatic heterocycles. The van der Waals surface area contributed by atoms with Crippen molar-refractivity contribution in [3.63, 3.8) is 0 Å². The topological polar surface area (TPSA) is 45.2 Å². The summed E-state index contributed by atoms with van der Waals surface area (Å²) in [7, 11) is 0. The van der Waals surface area contributed by atoms with Gasteiger partial charge >= 0.3 is 0 Å². The second-order valence-electron chi connectivity index (χ2n) is 5.07. The van der Waals surface area contributed by atoms with E-state index >= 15 is 0 Å². The third kappa shape index (κ3) is 2.93. The van der Waals surface area contributed by atoms with E-state index in [-0.39, 0.29) is 0 Å². The molecular formula is C15H19N5. The number of pyridine rings is 1. The lowest BCUT2D eigenvalue weighted by molar-refractivity contribution is 0.248. The minimum absolute atomic E-state index is 0.977. The molecule has 0 aromatic carbocycles. The van der Waals surface area contributed by atoms with Gasteiger partial charge in [-0.3, -0.25) is 14.9 Å². The Morgan fingerprint density at radius 3 is 2.60 bits per heavy atom. The molecule has 3 rings (SSSR count). The van der Waals surface area contributed by atoms with Crippen LogP contribution < -0.4 is 4.90 Å². The van der Waals surface area contributed by atoms with Crippen LogP contribution >= 0.6 is 0 Å². The first kappa shape index (κ1) is 13.0. The molecule has 5 nitrogen and oxygen atoms in total. The minimum atomic E-state index is 0.977. The molecule has 1 fully saturated rings. The quantitative estimate of drug-likeness (QED) is 0.845. The second kappa shape index (κ2) is 5.96. The van der Waals surface area contributed by atoms with Gasteiger partial charge in [-0.15, -0.1) is 0 Å². The molecule has 0 unspecified atom stereocenters. The molecule has 0 atom stereocenters. The summed E-state index contributed by atoms with van der Waals surface area (Å²) in [6.45, 7) is 7.14. The maximum atomic E-state index is 4.36. The first-order valence-electron chi connectivity index (χ1n) is 6.97. The van der Waals surface area contributed by atoms with Gasteiger partial charge in [0.25, 0.3) is 0 Å². The van der Waals surface area contributed by atoms with Crippen LogP contribution in [-0.4, -0.2) is 46.0 Å². The zero-order valence-electron chi connectivity index (χ0n) is 11.7. The van der Waals surface area contributed by atoms with E-state index in [1.807, 2.05) is 18.5 Å². The molecule has 0 amide bonds. The Labute approximate surface area is 119 Å². The first-order chi connectivity index (χ1) is 9.83. The van der Waals surface area contributed by atoms with E-state index in [9.17, 15) is 0 Å². The van der Waals surface area contributed by atoms with E-state index in [2.05, 4.69) is 37.7 Å². The Bertz CT molecular complexity index is 549. The Kier molecular flexibility index (Phi) is 3.87. The molecule has 5 heteroatoms. The lowest BCUT2D eigenvalue weighted by Crippen LogP contribution is -2.46. The van der Waals surface area contributed by atoms with Gasteiger partial charge in [0, 0.05) is 57.0 Å². The number of rotatable bonds is 3. The van der Waals surface area contributed by atoms with Crippen LogP contribution in [0.25, 0.3) is 0 Å². The highest BCUT2D eigenvalue weighted by molar-refractivity contribution is 5.35. The average molecular weight is 269 g/mol. The van der Waals surface area contributed by atoms with Crippen molar-refractivity contribution in [2.75, 3.05) is 31.1 Å². The molecule has 0 bridgehead atoms. The van der Waals surface area contributed by atoms with Crippen molar-refractivity contribution in [3.8, 4) is 0 Å². The van der Waals surface area contributed by atoms with Crippen LogP contribution in [0.2, 0.25) is 0 Å². The zero-order chi connectivity index (χ0) is 13.8. The summed E-state index contributed by atoms with van der Waals surface area (Å²) >= 11 is 0. The third-order valence-electron chi connectivity index (χ3n) is 3.76. The van der Waals surface area contributed by atoms with Crippen molar-refractivity contribution < 1.29 is 0 Å². The predicted octanol–water partition coefficient (Wildman–Crippen LogP) is 1.50. The number of aromatic nitrogens is 3. The standard InChI is InChI=1S/C15H19N5/c1-13-14(3-2-4-17-13)12-19-7-9-20(10-8-19)15-11-16-5-6-18-15/h2-6,11H,7-10,12H2,1H3. The van der Waals surface area contributed by atoms with Crippen LogP contribution in [0.15, 0.2) is 36.9 Å². The number of hydrogen-bond acceptors (Lipinski definition) is 5. The van der Waals surface area contributed by atoms with Gasteiger partial charge in [0.15, 0.2) is 0 Å². The number of piperazine rings is 1. The normalized spacial score (nSPS) is 16.4. The van der Waals surface area contributed by atoms with Crippen molar-refractivity contribution in [1.82, 2.24) is 19.9 Å². The van der Waals surface area contributed by atoms with Crippen LogP contribution in [-0.2, 0) is 6.54 Å². The van der Waals surface area contributed by atoms with Crippen LogP contribution in [0.5, 0.6) is 0 Å². The van der Waals surface area contributed by atoms with Crippen molar-refractivity contribution >= 4 is 5.82 Å².